The molecule has 0 spiro atoms. The number of hydrogen-bond donors (Lipinski definition) is 2. The van der Waals surface area contributed by atoms with Crippen molar-refractivity contribution in [3.63, 3.8) is 0 Å². The Kier molecular flexibility index (Phi) is 5.66. The number of nitrogen functional groups attached to an aromatic ring is 1. The van der Waals surface area contributed by atoms with Crippen molar-refractivity contribution in [1.29, 1.82) is 0 Å². The molecule has 0 aliphatic rings. The van der Waals surface area contributed by atoms with Gasteiger partial charge in [0.1, 0.15) is 0 Å². The number of ether oxygens (including phenoxy) is 1. The van der Waals surface area contributed by atoms with Crippen molar-refractivity contribution in [3.05, 3.63) is 53.1 Å². The van der Waals surface area contributed by atoms with E-state index in [1.54, 1.807) is 6.07 Å². The number of sulfone groups is 1. The zero-order valence-electron chi connectivity index (χ0n) is 13.2. The van der Waals surface area contributed by atoms with Gasteiger partial charge in [0.25, 0.3) is 5.91 Å². The second kappa shape index (κ2) is 7.54. The fourth-order valence-electron chi connectivity index (χ4n) is 2.01. The van der Waals surface area contributed by atoms with Crippen LogP contribution in [0.25, 0.3) is 0 Å². The first-order chi connectivity index (χ1) is 11.7. The lowest BCUT2D eigenvalue weighted by atomic mass is 10.2. The van der Waals surface area contributed by atoms with Crippen molar-refractivity contribution in [2.75, 3.05) is 23.9 Å². The number of benzene rings is 2. The zero-order chi connectivity index (χ0) is 18.6. The van der Waals surface area contributed by atoms with E-state index in [4.69, 9.17) is 22.1 Å². The van der Waals surface area contributed by atoms with Gasteiger partial charge in [0.2, 0.25) is 0 Å². The number of carbonyl (C=O) groups excluding carboxylic acids is 2. The highest BCUT2D eigenvalue weighted by Crippen LogP contribution is 2.21. The maximum atomic E-state index is 11.9. The molecule has 7 nitrogen and oxygen atoms in total. The predicted octanol–water partition coefficient (Wildman–Crippen LogP) is 2.12. The van der Waals surface area contributed by atoms with Gasteiger partial charge >= 0.3 is 5.97 Å². The SMILES string of the molecule is CS(=O)(=O)c1ccccc1NC(=O)COC(=O)c1ccc(Cl)cc1N. The van der Waals surface area contributed by atoms with Crippen LogP contribution >= 0.6 is 11.6 Å². The van der Waals surface area contributed by atoms with E-state index in [-0.39, 0.29) is 21.8 Å². The summed E-state index contributed by atoms with van der Waals surface area (Å²) in [6, 6.07) is 10.2. The predicted molar refractivity (Wildman–Crippen MR) is 94.3 cm³/mol. The number of nitrogens with one attached hydrogen (secondary N) is 1. The molecule has 25 heavy (non-hydrogen) atoms. The van der Waals surface area contributed by atoms with E-state index in [1.165, 1.54) is 36.4 Å². The van der Waals surface area contributed by atoms with E-state index in [9.17, 15) is 18.0 Å². The quantitative estimate of drug-likeness (QED) is 0.604. The molecule has 0 saturated heterocycles. The normalized spacial score (nSPS) is 11.0. The fourth-order valence-corrected chi connectivity index (χ4v) is 3.03. The zero-order valence-corrected chi connectivity index (χ0v) is 14.7. The minimum Gasteiger partial charge on any atom is -0.452 e. The molecule has 0 aliphatic carbocycles. The summed E-state index contributed by atoms with van der Waals surface area (Å²) < 4.78 is 28.3. The molecule has 0 atom stereocenters. The second-order valence-electron chi connectivity index (χ2n) is 5.12. The molecule has 0 unspecified atom stereocenters. The number of carbonyl (C=O) groups is 2. The number of hydrogen-bond acceptors (Lipinski definition) is 6. The van der Waals surface area contributed by atoms with Crippen LogP contribution in [0, 0.1) is 0 Å². The first-order valence-corrected chi connectivity index (χ1v) is 9.26. The first-order valence-electron chi connectivity index (χ1n) is 6.99. The molecule has 0 aliphatic heterocycles. The largest absolute Gasteiger partial charge is 0.452 e. The van der Waals surface area contributed by atoms with Gasteiger partial charge in [0.05, 0.1) is 16.1 Å². The molecular weight excluding hydrogens is 368 g/mol. The number of esters is 1. The maximum Gasteiger partial charge on any atom is 0.340 e. The molecule has 1 amide bonds. The van der Waals surface area contributed by atoms with Crippen LogP contribution in [-0.4, -0.2) is 33.2 Å². The number of amides is 1. The minimum atomic E-state index is -3.51. The Balaban J connectivity index is 2.03. The molecule has 0 radical (unpaired) electrons. The van der Waals surface area contributed by atoms with Crippen LogP contribution in [0.2, 0.25) is 5.02 Å². The Labute approximate surface area is 149 Å². The standard InChI is InChI=1S/C16H15ClN2O5S/c1-25(22,23)14-5-3-2-4-13(14)19-15(20)9-24-16(21)11-7-6-10(17)8-12(11)18/h2-8H,9,18H2,1H3,(H,19,20). The number of halogens is 1. The number of anilines is 2. The van der Waals surface area contributed by atoms with Crippen LogP contribution < -0.4 is 11.1 Å². The molecule has 0 heterocycles. The Morgan fingerprint density at radius 3 is 2.52 bits per heavy atom. The maximum absolute atomic E-state index is 11.9. The smallest absolute Gasteiger partial charge is 0.340 e. The highest BCUT2D eigenvalue weighted by molar-refractivity contribution is 7.90. The Morgan fingerprint density at radius 2 is 1.88 bits per heavy atom. The lowest BCUT2D eigenvalue weighted by Gasteiger charge is -2.10. The summed E-state index contributed by atoms with van der Waals surface area (Å²) in [4.78, 5) is 23.8. The van der Waals surface area contributed by atoms with E-state index < -0.39 is 28.3 Å². The van der Waals surface area contributed by atoms with Crippen molar-refractivity contribution in [2.45, 2.75) is 4.90 Å². The summed E-state index contributed by atoms with van der Waals surface area (Å²) in [6.07, 6.45) is 1.03. The molecular formula is C16H15ClN2O5S. The molecule has 2 aromatic carbocycles. The third-order valence-corrected chi connectivity index (χ3v) is 4.52. The fraction of sp³-hybridized carbons (Fsp3) is 0.125. The highest BCUT2D eigenvalue weighted by Gasteiger charge is 2.17. The average Bonchev–Trinajstić information content (AvgIpc) is 2.52. The van der Waals surface area contributed by atoms with Gasteiger partial charge in [-0.25, -0.2) is 13.2 Å². The van der Waals surface area contributed by atoms with Crippen molar-refractivity contribution in [2.24, 2.45) is 0 Å². The Bertz CT molecular complexity index is 928. The molecule has 2 aromatic rings. The Hall–Kier alpha value is -2.58. The highest BCUT2D eigenvalue weighted by atomic mass is 35.5. The average molecular weight is 383 g/mol. The molecule has 132 valence electrons. The van der Waals surface area contributed by atoms with Crippen LogP contribution in [0.4, 0.5) is 11.4 Å². The third kappa shape index (κ3) is 4.94. The van der Waals surface area contributed by atoms with Crippen LogP contribution in [0.1, 0.15) is 10.4 Å². The van der Waals surface area contributed by atoms with Crippen molar-refractivity contribution in [1.82, 2.24) is 0 Å². The van der Waals surface area contributed by atoms with Gasteiger partial charge in [0.15, 0.2) is 16.4 Å². The summed E-state index contributed by atoms with van der Waals surface area (Å²) in [5.41, 5.74) is 5.98. The lowest BCUT2D eigenvalue weighted by Crippen LogP contribution is -2.22. The minimum absolute atomic E-state index is 0.0309. The van der Waals surface area contributed by atoms with Crippen LogP contribution in [-0.2, 0) is 19.4 Å². The van der Waals surface area contributed by atoms with Gasteiger partial charge in [0, 0.05) is 17.0 Å². The number of rotatable bonds is 5. The van der Waals surface area contributed by atoms with E-state index >= 15 is 0 Å². The Morgan fingerprint density at radius 1 is 1.20 bits per heavy atom. The van der Waals surface area contributed by atoms with Gasteiger partial charge in [-0.2, -0.15) is 0 Å². The molecule has 2 rings (SSSR count). The second-order valence-corrected chi connectivity index (χ2v) is 7.54. The van der Waals surface area contributed by atoms with Crippen molar-refractivity contribution in [3.8, 4) is 0 Å². The number of para-hydroxylation sites is 1. The summed E-state index contributed by atoms with van der Waals surface area (Å²) in [5.74, 6) is -1.47. The van der Waals surface area contributed by atoms with E-state index in [0.717, 1.165) is 6.26 Å². The van der Waals surface area contributed by atoms with Crippen LogP contribution in [0.15, 0.2) is 47.4 Å². The monoisotopic (exact) mass is 382 g/mol. The third-order valence-electron chi connectivity index (χ3n) is 3.13. The summed E-state index contributed by atoms with van der Waals surface area (Å²) in [6.45, 7) is -0.598. The van der Waals surface area contributed by atoms with Crippen LogP contribution in [0.5, 0.6) is 0 Å². The van der Waals surface area contributed by atoms with Crippen LogP contribution in [0.3, 0.4) is 0 Å². The molecule has 3 N–H and O–H groups in total. The van der Waals surface area contributed by atoms with E-state index in [0.29, 0.717) is 5.02 Å². The van der Waals surface area contributed by atoms with Gasteiger partial charge in [-0.05, 0) is 30.3 Å². The summed E-state index contributed by atoms with van der Waals surface area (Å²) in [7, 11) is -3.51. The molecule has 9 heteroatoms. The van der Waals surface area contributed by atoms with E-state index in [1.807, 2.05) is 0 Å². The van der Waals surface area contributed by atoms with Gasteiger partial charge in [-0.15, -0.1) is 0 Å². The molecule has 0 saturated carbocycles. The molecule has 0 bridgehead atoms. The van der Waals surface area contributed by atoms with Gasteiger partial charge in [-0.3, -0.25) is 4.79 Å². The molecule has 0 aromatic heterocycles. The van der Waals surface area contributed by atoms with Crippen molar-refractivity contribution < 1.29 is 22.7 Å². The van der Waals surface area contributed by atoms with Gasteiger partial charge in [-0.1, -0.05) is 23.7 Å². The first kappa shape index (κ1) is 18.8. The lowest BCUT2D eigenvalue weighted by molar-refractivity contribution is -0.119. The topological polar surface area (TPSA) is 116 Å². The number of nitrogens with two attached hydrogens (primary N) is 1. The van der Waals surface area contributed by atoms with Gasteiger partial charge < -0.3 is 15.8 Å². The summed E-state index contributed by atoms with van der Waals surface area (Å²) in [5, 5.41) is 2.76. The van der Waals surface area contributed by atoms with Crippen molar-refractivity contribution >= 4 is 44.7 Å². The summed E-state index contributed by atoms with van der Waals surface area (Å²) >= 11 is 5.75. The van der Waals surface area contributed by atoms with E-state index in [2.05, 4.69) is 5.32 Å². The molecule has 0 fully saturated rings.